The van der Waals surface area contributed by atoms with E-state index in [4.69, 9.17) is 0 Å². The molecule has 0 saturated carbocycles. The maximum absolute atomic E-state index is 13.3. The minimum Gasteiger partial charge on any atom is -0.351 e. The van der Waals surface area contributed by atoms with Crippen molar-refractivity contribution >= 4 is 27.3 Å². The highest BCUT2D eigenvalue weighted by molar-refractivity contribution is 7.88. The molecule has 0 aliphatic carbocycles. The van der Waals surface area contributed by atoms with E-state index in [-0.39, 0.29) is 17.7 Å². The van der Waals surface area contributed by atoms with Crippen LogP contribution in [0.1, 0.15) is 23.4 Å². The van der Waals surface area contributed by atoms with Crippen molar-refractivity contribution in [3.63, 3.8) is 0 Å². The fraction of sp³-hybridized carbons (Fsp3) is 0.533. The number of rotatable bonds is 4. The number of nitrogens with zero attached hydrogens (tertiary/aromatic N) is 4. The molecule has 1 aliphatic heterocycles. The second kappa shape index (κ2) is 7.32. The van der Waals surface area contributed by atoms with Gasteiger partial charge in [0.2, 0.25) is 16.0 Å². The van der Waals surface area contributed by atoms with E-state index in [2.05, 4.69) is 20.3 Å². The van der Waals surface area contributed by atoms with E-state index >= 15 is 0 Å². The minimum atomic E-state index is -4.58. The van der Waals surface area contributed by atoms with Gasteiger partial charge in [0.05, 0.1) is 21.8 Å². The largest absolute Gasteiger partial charge is 0.420 e. The first-order valence-corrected chi connectivity index (χ1v) is 10.8. The van der Waals surface area contributed by atoms with Crippen LogP contribution in [0.4, 0.5) is 19.1 Å². The normalized spacial score (nSPS) is 17.2. The molecule has 12 heteroatoms. The summed E-state index contributed by atoms with van der Waals surface area (Å²) in [4.78, 5) is 12.2. The molecule has 0 atom stereocenters. The highest BCUT2D eigenvalue weighted by Crippen LogP contribution is 2.38. The number of alkyl halides is 3. The van der Waals surface area contributed by atoms with Gasteiger partial charge in [0, 0.05) is 31.5 Å². The Morgan fingerprint density at radius 1 is 1.22 bits per heavy atom. The van der Waals surface area contributed by atoms with E-state index < -0.39 is 21.8 Å². The van der Waals surface area contributed by atoms with Crippen molar-refractivity contribution in [3.8, 4) is 10.6 Å². The summed E-state index contributed by atoms with van der Waals surface area (Å²) in [7, 11) is -3.24. The van der Waals surface area contributed by atoms with Crippen LogP contribution in [0.25, 0.3) is 10.6 Å². The van der Waals surface area contributed by atoms with Crippen molar-refractivity contribution in [3.05, 3.63) is 23.0 Å². The summed E-state index contributed by atoms with van der Waals surface area (Å²) >= 11 is 1.13. The van der Waals surface area contributed by atoms with Crippen LogP contribution in [0, 0.1) is 6.92 Å². The van der Waals surface area contributed by atoms with Crippen LogP contribution in [0.3, 0.4) is 0 Å². The number of hydrogen-bond donors (Lipinski definition) is 1. The van der Waals surface area contributed by atoms with E-state index in [1.807, 2.05) is 0 Å². The molecular weight excluding hydrogens is 403 g/mol. The maximum Gasteiger partial charge on any atom is 0.420 e. The average Bonchev–Trinajstić information content (AvgIpc) is 3.00. The molecule has 2 aromatic heterocycles. The Morgan fingerprint density at radius 2 is 1.89 bits per heavy atom. The number of sulfonamides is 1. The zero-order valence-corrected chi connectivity index (χ0v) is 16.2. The second-order valence-corrected chi connectivity index (χ2v) is 9.50. The molecule has 0 unspecified atom stereocenters. The summed E-state index contributed by atoms with van der Waals surface area (Å²) < 4.78 is 64.4. The molecule has 1 N–H and O–H groups in total. The Kier molecular flexibility index (Phi) is 5.41. The van der Waals surface area contributed by atoms with Gasteiger partial charge < -0.3 is 5.32 Å². The van der Waals surface area contributed by atoms with Crippen LogP contribution in [-0.2, 0) is 16.2 Å². The van der Waals surface area contributed by atoms with Gasteiger partial charge in [-0.05, 0) is 19.8 Å². The van der Waals surface area contributed by atoms with Crippen molar-refractivity contribution in [1.82, 2.24) is 19.3 Å². The number of anilines is 1. The maximum atomic E-state index is 13.3. The molecule has 1 aliphatic rings. The molecule has 27 heavy (non-hydrogen) atoms. The molecule has 0 radical (unpaired) electrons. The third-order valence-corrected chi connectivity index (χ3v) is 6.43. The molecular formula is C15H18F3N5O2S2. The Hall–Kier alpha value is -1.79. The Labute approximate surface area is 158 Å². The highest BCUT2D eigenvalue weighted by Gasteiger charge is 2.36. The zero-order chi connectivity index (χ0) is 19.8. The van der Waals surface area contributed by atoms with Gasteiger partial charge in [-0.2, -0.15) is 13.2 Å². The summed E-state index contributed by atoms with van der Waals surface area (Å²) in [5.74, 6) is 0.0851. The minimum absolute atomic E-state index is 0.0851. The molecule has 148 valence electrons. The first-order chi connectivity index (χ1) is 12.5. The molecule has 1 fully saturated rings. The van der Waals surface area contributed by atoms with Gasteiger partial charge in [-0.1, -0.05) is 0 Å². The zero-order valence-electron chi connectivity index (χ0n) is 14.6. The lowest BCUT2D eigenvalue weighted by Gasteiger charge is -2.30. The lowest BCUT2D eigenvalue weighted by Crippen LogP contribution is -2.42. The van der Waals surface area contributed by atoms with Crippen molar-refractivity contribution < 1.29 is 21.6 Å². The van der Waals surface area contributed by atoms with Gasteiger partial charge in [0.25, 0.3) is 0 Å². The van der Waals surface area contributed by atoms with Gasteiger partial charge in [-0.15, -0.1) is 11.3 Å². The lowest BCUT2D eigenvalue weighted by molar-refractivity contribution is -0.137. The molecule has 2 aromatic rings. The third kappa shape index (κ3) is 4.74. The molecule has 1 saturated heterocycles. The van der Waals surface area contributed by atoms with Gasteiger partial charge in [-0.25, -0.2) is 27.7 Å². The van der Waals surface area contributed by atoms with Crippen LogP contribution < -0.4 is 5.32 Å². The number of nitrogens with one attached hydrogen (secondary N) is 1. The molecule has 0 spiro atoms. The highest BCUT2D eigenvalue weighted by atomic mass is 32.2. The first-order valence-electron chi connectivity index (χ1n) is 8.13. The van der Waals surface area contributed by atoms with E-state index in [0.717, 1.165) is 23.8 Å². The number of halogens is 3. The fourth-order valence-electron chi connectivity index (χ4n) is 2.83. The summed E-state index contributed by atoms with van der Waals surface area (Å²) in [6.45, 7) is 2.40. The Morgan fingerprint density at radius 3 is 2.41 bits per heavy atom. The van der Waals surface area contributed by atoms with Gasteiger partial charge in [0.15, 0.2) is 0 Å². The van der Waals surface area contributed by atoms with Crippen LogP contribution in [-0.4, -0.2) is 53.1 Å². The van der Waals surface area contributed by atoms with Gasteiger partial charge in [0.1, 0.15) is 5.56 Å². The molecule has 3 heterocycles. The third-order valence-electron chi connectivity index (χ3n) is 4.20. The smallest absolute Gasteiger partial charge is 0.351 e. The fourth-order valence-corrected chi connectivity index (χ4v) is 4.49. The quantitative estimate of drug-likeness (QED) is 0.817. The van der Waals surface area contributed by atoms with Crippen LogP contribution in [0.5, 0.6) is 0 Å². The summed E-state index contributed by atoms with van der Waals surface area (Å²) in [5, 5.41) is 3.66. The van der Waals surface area contributed by atoms with Crippen molar-refractivity contribution in [1.29, 1.82) is 0 Å². The molecule has 7 nitrogen and oxygen atoms in total. The Balaban J connectivity index is 1.81. The van der Waals surface area contributed by atoms with Crippen molar-refractivity contribution in [2.24, 2.45) is 0 Å². The number of aryl methyl sites for hydroxylation is 1. The standard InChI is InChI=1S/C15H18F3N5O2S2/c1-9-19-8-12(26-9)13-11(15(16,17)18)7-20-14(22-13)21-10-3-5-23(6-4-10)27(2,24)25/h7-8,10H,3-6H2,1-2H3,(H,20,21,22). The monoisotopic (exact) mass is 421 g/mol. The van der Waals surface area contributed by atoms with Crippen LogP contribution in [0.2, 0.25) is 0 Å². The summed E-state index contributed by atoms with van der Waals surface area (Å²) in [6.07, 6.45) is -0.244. The first kappa shape index (κ1) is 20.0. The molecule has 0 amide bonds. The second-order valence-electron chi connectivity index (χ2n) is 6.28. The summed E-state index contributed by atoms with van der Waals surface area (Å²) in [6, 6.07) is -0.115. The average molecular weight is 421 g/mol. The number of piperidine rings is 1. The van der Waals surface area contributed by atoms with E-state index in [0.29, 0.717) is 35.8 Å². The van der Waals surface area contributed by atoms with Crippen molar-refractivity contribution in [2.75, 3.05) is 24.7 Å². The predicted octanol–water partition coefficient (Wildman–Crippen LogP) is 2.76. The van der Waals surface area contributed by atoms with Gasteiger partial charge in [-0.3, -0.25) is 0 Å². The molecule has 0 bridgehead atoms. The Bertz CT molecular complexity index is 922. The van der Waals surface area contributed by atoms with Crippen molar-refractivity contribution in [2.45, 2.75) is 32.0 Å². The number of aromatic nitrogens is 3. The summed E-state index contributed by atoms with van der Waals surface area (Å²) in [5.41, 5.74) is -1.12. The van der Waals surface area contributed by atoms with Crippen LogP contribution >= 0.6 is 11.3 Å². The number of thiazole rings is 1. The number of hydrogen-bond acceptors (Lipinski definition) is 7. The van der Waals surface area contributed by atoms with Gasteiger partial charge >= 0.3 is 6.18 Å². The molecule has 0 aromatic carbocycles. The van der Waals surface area contributed by atoms with E-state index in [9.17, 15) is 21.6 Å². The predicted molar refractivity (Wildman–Crippen MR) is 95.9 cm³/mol. The SMILES string of the molecule is Cc1ncc(-c2nc(NC3CCN(S(C)(=O)=O)CC3)ncc2C(F)(F)F)s1. The lowest BCUT2D eigenvalue weighted by atomic mass is 10.1. The van der Waals surface area contributed by atoms with E-state index in [1.165, 1.54) is 10.5 Å². The van der Waals surface area contributed by atoms with Crippen LogP contribution in [0.15, 0.2) is 12.4 Å². The van der Waals surface area contributed by atoms with E-state index in [1.54, 1.807) is 6.92 Å². The topological polar surface area (TPSA) is 88.1 Å². The molecule has 3 rings (SSSR count).